The highest BCUT2D eigenvalue weighted by molar-refractivity contribution is 5.47. The molecule has 0 saturated heterocycles. The van der Waals surface area contributed by atoms with Gasteiger partial charge in [0.05, 0.1) is 6.10 Å². The second kappa shape index (κ2) is 4.17. The molecule has 0 aliphatic heterocycles. The van der Waals surface area contributed by atoms with E-state index >= 15 is 0 Å². The largest absolute Gasteiger partial charge is 0.490 e. The van der Waals surface area contributed by atoms with Crippen molar-refractivity contribution in [1.82, 2.24) is 0 Å². The Morgan fingerprint density at radius 3 is 2.77 bits per heavy atom. The average Bonchev–Trinajstić information content (AvgIpc) is 2.11. The fourth-order valence-corrected chi connectivity index (χ4v) is 1.04. The van der Waals surface area contributed by atoms with Crippen LogP contribution in [0.15, 0.2) is 18.2 Å². The summed E-state index contributed by atoms with van der Waals surface area (Å²) in [7, 11) is 0. The topological polar surface area (TPSA) is 35.2 Å². The molecule has 2 N–H and O–H groups in total. The van der Waals surface area contributed by atoms with Gasteiger partial charge in [0.25, 0.3) is 0 Å². The van der Waals surface area contributed by atoms with Gasteiger partial charge in [0.15, 0.2) is 0 Å². The Morgan fingerprint density at radius 1 is 1.46 bits per heavy atom. The molecule has 0 spiro atoms. The van der Waals surface area contributed by atoms with Crippen LogP contribution in [0.3, 0.4) is 0 Å². The van der Waals surface area contributed by atoms with Crippen LogP contribution < -0.4 is 10.5 Å². The van der Waals surface area contributed by atoms with E-state index in [0.717, 1.165) is 23.4 Å². The summed E-state index contributed by atoms with van der Waals surface area (Å²) >= 11 is 0. The maximum atomic E-state index is 5.70. The Labute approximate surface area is 79.7 Å². The standard InChI is InChI=1S/C11H17NO/c1-4-9(3)13-11-7-10(12)6-5-8(11)2/h5-7,9H,4,12H2,1-3H3. The van der Waals surface area contributed by atoms with Gasteiger partial charge in [0.1, 0.15) is 5.75 Å². The summed E-state index contributed by atoms with van der Waals surface area (Å²) in [5.74, 6) is 0.898. The third kappa shape index (κ3) is 2.65. The predicted molar refractivity (Wildman–Crippen MR) is 56.0 cm³/mol. The molecular formula is C11H17NO. The zero-order chi connectivity index (χ0) is 9.84. The van der Waals surface area contributed by atoms with E-state index in [1.54, 1.807) is 0 Å². The van der Waals surface area contributed by atoms with Crippen molar-refractivity contribution >= 4 is 5.69 Å². The van der Waals surface area contributed by atoms with Crippen LogP contribution in [-0.4, -0.2) is 6.10 Å². The number of hydrogen-bond donors (Lipinski definition) is 1. The van der Waals surface area contributed by atoms with E-state index < -0.39 is 0 Å². The number of hydrogen-bond acceptors (Lipinski definition) is 2. The highest BCUT2D eigenvalue weighted by Gasteiger charge is 2.03. The van der Waals surface area contributed by atoms with Gasteiger partial charge in [-0.2, -0.15) is 0 Å². The van der Waals surface area contributed by atoms with Crippen molar-refractivity contribution in [2.24, 2.45) is 0 Å². The van der Waals surface area contributed by atoms with Crippen LogP contribution in [0.5, 0.6) is 5.75 Å². The molecule has 0 amide bonds. The molecule has 1 aromatic rings. The number of ether oxygens (including phenoxy) is 1. The zero-order valence-corrected chi connectivity index (χ0v) is 8.50. The fraction of sp³-hybridized carbons (Fsp3) is 0.455. The monoisotopic (exact) mass is 179 g/mol. The van der Waals surface area contributed by atoms with Crippen LogP contribution in [-0.2, 0) is 0 Å². The van der Waals surface area contributed by atoms with Crippen molar-refractivity contribution < 1.29 is 4.74 Å². The smallest absolute Gasteiger partial charge is 0.124 e. The fourth-order valence-electron chi connectivity index (χ4n) is 1.04. The molecule has 0 aromatic heterocycles. The second-order valence-corrected chi connectivity index (χ2v) is 3.36. The Hall–Kier alpha value is -1.18. The van der Waals surface area contributed by atoms with Gasteiger partial charge in [0, 0.05) is 11.8 Å². The molecule has 0 heterocycles. The van der Waals surface area contributed by atoms with Crippen LogP contribution in [0.2, 0.25) is 0 Å². The Morgan fingerprint density at radius 2 is 2.15 bits per heavy atom. The highest BCUT2D eigenvalue weighted by atomic mass is 16.5. The van der Waals surface area contributed by atoms with E-state index in [1.807, 2.05) is 25.1 Å². The van der Waals surface area contributed by atoms with E-state index in [2.05, 4.69) is 13.8 Å². The van der Waals surface area contributed by atoms with Crippen LogP contribution in [0.25, 0.3) is 0 Å². The maximum absolute atomic E-state index is 5.70. The van der Waals surface area contributed by atoms with Gasteiger partial charge in [-0.25, -0.2) is 0 Å². The lowest BCUT2D eigenvalue weighted by Crippen LogP contribution is -2.10. The van der Waals surface area contributed by atoms with E-state index in [1.165, 1.54) is 0 Å². The molecule has 2 nitrogen and oxygen atoms in total. The van der Waals surface area contributed by atoms with Crippen molar-refractivity contribution in [1.29, 1.82) is 0 Å². The third-order valence-electron chi connectivity index (χ3n) is 2.12. The lowest BCUT2D eigenvalue weighted by molar-refractivity contribution is 0.216. The lowest BCUT2D eigenvalue weighted by Gasteiger charge is -2.14. The number of rotatable bonds is 3. The lowest BCUT2D eigenvalue weighted by atomic mass is 10.2. The number of nitrogens with two attached hydrogens (primary N) is 1. The molecule has 0 saturated carbocycles. The second-order valence-electron chi connectivity index (χ2n) is 3.36. The summed E-state index contributed by atoms with van der Waals surface area (Å²) in [6.45, 7) is 6.19. The summed E-state index contributed by atoms with van der Waals surface area (Å²) in [4.78, 5) is 0. The van der Waals surface area contributed by atoms with E-state index in [0.29, 0.717) is 0 Å². The van der Waals surface area contributed by atoms with E-state index in [4.69, 9.17) is 10.5 Å². The molecule has 2 heteroatoms. The first-order chi connectivity index (χ1) is 6.13. The SMILES string of the molecule is CCC(C)Oc1cc(N)ccc1C. The number of anilines is 1. The first kappa shape index (κ1) is 9.90. The molecule has 0 bridgehead atoms. The van der Waals surface area contributed by atoms with Gasteiger partial charge in [-0.05, 0) is 31.9 Å². The Balaban J connectivity index is 2.81. The van der Waals surface area contributed by atoms with Gasteiger partial charge in [0.2, 0.25) is 0 Å². The molecule has 1 atom stereocenters. The quantitative estimate of drug-likeness (QED) is 0.724. The molecule has 0 fully saturated rings. The zero-order valence-electron chi connectivity index (χ0n) is 8.50. The summed E-state index contributed by atoms with van der Waals surface area (Å²) in [5.41, 5.74) is 7.55. The number of nitrogen functional groups attached to an aromatic ring is 1. The predicted octanol–water partition coefficient (Wildman–Crippen LogP) is 2.75. The number of aryl methyl sites for hydroxylation is 1. The molecule has 1 rings (SSSR count). The van der Waals surface area contributed by atoms with Gasteiger partial charge in [-0.15, -0.1) is 0 Å². The summed E-state index contributed by atoms with van der Waals surface area (Å²) in [6, 6.07) is 5.74. The van der Waals surface area contributed by atoms with Crippen molar-refractivity contribution in [2.75, 3.05) is 5.73 Å². The molecule has 1 aromatic carbocycles. The minimum atomic E-state index is 0.250. The molecule has 13 heavy (non-hydrogen) atoms. The van der Waals surface area contributed by atoms with Crippen LogP contribution in [0, 0.1) is 6.92 Å². The molecule has 0 aliphatic rings. The van der Waals surface area contributed by atoms with Gasteiger partial charge in [-0.1, -0.05) is 13.0 Å². The van der Waals surface area contributed by atoms with Crippen LogP contribution in [0.1, 0.15) is 25.8 Å². The van der Waals surface area contributed by atoms with Crippen molar-refractivity contribution in [3.63, 3.8) is 0 Å². The number of benzene rings is 1. The molecule has 0 aliphatic carbocycles. The van der Waals surface area contributed by atoms with Crippen LogP contribution in [0.4, 0.5) is 5.69 Å². The first-order valence-corrected chi connectivity index (χ1v) is 4.66. The van der Waals surface area contributed by atoms with Gasteiger partial charge < -0.3 is 10.5 Å². The Kier molecular flexibility index (Phi) is 3.18. The molecular weight excluding hydrogens is 162 g/mol. The van der Waals surface area contributed by atoms with Gasteiger partial charge in [-0.3, -0.25) is 0 Å². The minimum absolute atomic E-state index is 0.250. The molecule has 72 valence electrons. The Bertz CT molecular complexity index is 283. The summed E-state index contributed by atoms with van der Waals surface area (Å²) < 4.78 is 5.70. The molecule has 0 radical (unpaired) electrons. The first-order valence-electron chi connectivity index (χ1n) is 4.66. The van der Waals surface area contributed by atoms with E-state index in [9.17, 15) is 0 Å². The highest BCUT2D eigenvalue weighted by Crippen LogP contribution is 2.22. The normalized spacial score (nSPS) is 12.5. The summed E-state index contributed by atoms with van der Waals surface area (Å²) in [5, 5.41) is 0. The third-order valence-corrected chi connectivity index (χ3v) is 2.12. The van der Waals surface area contributed by atoms with Crippen molar-refractivity contribution in [2.45, 2.75) is 33.3 Å². The van der Waals surface area contributed by atoms with Crippen LogP contribution >= 0.6 is 0 Å². The minimum Gasteiger partial charge on any atom is -0.490 e. The van der Waals surface area contributed by atoms with Crippen molar-refractivity contribution in [3.05, 3.63) is 23.8 Å². The van der Waals surface area contributed by atoms with Gasteiger partial charge >= 0.3 is 0 Å². The average molecular weight is 179 g/mol. The summed E-state index contributed by atoms with van der Waals surface area (Å²) in [6.07, 6.45) is 1.26. The maximum Gasteiger partial charge on any atom is 0.124 e. The van der Waals surface area contributed by atoms with Crippen molar-refractivity contribution in [3.8, 4) is 5.75 Å². The molecule has 1 unspecified atom stereocenters. The van der Waals surface area contributed by atoms with E-state index in [-0.39, 0.29) is 6.10 Å².